The number of quaternary nitrogens is 1. The Morgan fingerprint density at radius 3 is 2.96 bits per heavy atom. The van der Waals surface area contributed by atoms with E-state index in [-0.39, 0.29) is 11.5 Å². The van der Waals surface area contributed by atoms with Crippen molar-refractivity contribution >= 4 is 38.6 Å². The number of anilines is 1. The number of benzene rings is 2. The second-order valence-electron chi connectivity index (χ2n) is 15.0. The zero-order chi connectivity index (χ0) is 30.5. The van der Waals surface area contributed by atoms with Gasteiger partial charge in [-0.15, -0.1) is 0 Å². The number of nitrogens with one attached hydrogen (secondary N) is 1. The van der Waals surface area contributed by atoms with Gasteiger partial charge >= 0.3 is 0 Å². The average molecular weight is 609 g/mol. The summed E-state index contributed by atoms with van der Waals surface area (Å²) in [6.45, 7) is 5.46. The lowest BCUT2D eigenvalue weighted by Crippen LogP contribution is -2.70. The van der Waals surface area contributed by atoms with Gasteiger partial charge in [0.05, 0.1) is 50.4 Å². The number of piperidine rings is 1. The second-order valence-corrected chi connectivity index (χ2v) is 15.0. The molecule has 3 aromatic heterocycles. The first-order chi connectivity index (χ1) is 22.5. The van der Waals surface area contributed by atoms with Gasteiger partial charge in [0, 0.05) is 64.7 Å². The standard InChI is InChI=1S/C40H39N4O2/c1-4-23-20-42-15-12-25-35-30(9-7-11-33(35)45-3)41-37(25)32(42)18-26(23)28-21-43-31-10-6-5-8-29(31)40-14-16-44(2)22-24-13-17-46-38(28)36(39(40)43)27(24)19-34(40)44/h5-13,15,18,20-21,27,34,36,38-39H,4,14,16-17,19,22H2,1-3H3/q+1/p+1/t27-,34-,36-,38-,39-,40+,44-/m0/s1. The summed E-state index contributed by atoms with van der Waals surface area (Å²) in [6.07, 6.45) is 13.2. The number of rotatable bonds is 3. The van der Waals surface area contributed by atoms with Crippen LogP contribution >= 0.6 is 0 Å². The van der Waals surface area contributed by atoms with Crippen molar-refractivity contribution in [3.63, 3.8) is 0 Å². The van der Waals surface area contributed by atoms with E-state index in [0.29, 0.717) is 30.5 Å². The predicted octanol–water partition coefficient (Wildman–Crippen LogP) is 6.31. The summed E-state index contributed by atoms with van der Waals surface area (Å²) < 4.78 is 16.4. The van der Waals surface area contributed by atoms with E-state index in [1.807, 2.05) is 0 Å². The quantitative estimate of drug-likeness (QED) is 0.148. The molecule has 3 fully saturated rings. The van der Waals surface area contributed by atoms with Crippen molar-refractivity contribution < 1.29 is 18.4 Å². The van der Waals surface area contributed by atoms with Gasteiger partial charge in [-0.3, -0.25) is 0 Å². The highest BCUT2D eigenvalue weighted by atomic mass is 16.5. The number of fused-ring (bicyclic) bond motifs is 7. The molecule has 1 N–H and O–H groups in total. The molecule has 2 bridgehead atoms. The van der Waals surface area contributed by atoms with Crippen LogP contribution in [-0.2, 0) is 16.6 Å². The van der Waals surface area contributed by atoms with E-state index in [1.165, 1.54) is 63.7 Å². The third-order valence-corrected chi connectivity index (χ3v) is 13.4. The number of likely N-dealkylation sites (N-methyl/N-ethyl adjacent to an activating group) is 1. The summed E-state index contributed by atoms with van der Waals surface area (Å²) in [5.41, 5.74) is 12.3. The molecule has 46 heavy (non-hydrogen) atoms. The van der Waals surface area contributed by atoms with Gasteiger partial charge in [-0.2, -0.15) is 4.40 Å². The largest absolute Gasteiger partial charge is 0.496 e. The lowest BCUT2D eigenvalue weighted by Gasteiger charge is -2.59. The van der Waals surface area contributed by atoms with Crippen molar-refractivity contribution in [2.45, 2.75) is 49.8 Å². The minimum Gasteiger partial charge on any atom is -0.496 e. The van der Waals surface area contributed by atoms with E-state index in [9.17, 15) is 0 Å². The third-order valence-electron chi connectivity index (χ3n) is 13.4. The average Bonchev–Trinajstić information content (AvgIpc) is 3.68. The van der Waals surface area contributed by atoms with Crippen LogP contribution in [0, 0.1) is 11.8 Å². The molecular formula is C40H40N4O2+2. The zero-order valence-corrected chi connectivity index (χ0v) is 26.8. The van der Waals surface area contributed by atoms with E-state index in [4.69, 9.17) is 9.47 Å². The molecule has 0 radical (unpaired) electrons. The van der Waals surface area contributed by atoms with Gasteiger partial charge in [-0.25, -0.2) is 0 Å². The molecule has 230 valence electrons. The molecule has 0 unspecified atom stereocenters. The first kappa shape index (κ1) is 26.0. The van der Waals surface area contributed by atoms with E-state index < -0.39 is 0 Å². The van der Waals surface area contributed by atoms with Crippen molar-refractivity contribution in [1.82, 2.24) is 4.98 Å². The van der Waals surface area contributed by atoms with Crippen LogP contribution < -0.4 is 14.0 Å². The summed E-state index contributed by atoms with van der Waals surface area (Å²) in [4.78, 5) is 6.51. The van der Waals surface area contributed by atoms with Gasteiger partial charge < -0.3 is 23.8 Å². The molecule has 6 nitrogen and oxygen atoms in total. The highest BCUT2D eigenvalue weighted by molar-refractivity contribution is 6.13. The Bertz CT molecular complexity index is 2230. The molecule has 0 amide bonds. The fourth-order valence-corrected chi connectivity index (χ4v) is 11.6. The maximum atomic E-state index is 7.09. The molecule has 5 aromatic rings. The van der Waals surface area contributed by atoms with Crippen LogP contribution in [0.3, 0.4) is 0 Å². The molecule has 11 rings (SSSR count). The van der Waals surface area contributed by atoms with Crippen LogP contribution in [0.15, 0.2) is 84.8 Å². The highest BCUT2D eigenvalue weighted by Crippen LogP contribution is 2.67. The molecule has 5 aliphatic heterocycles. The first-order valence-corrected chi connectivity index (χ1v) is 17.2. The fourth-order valence-electron chi connectivity index (χ4n) is 11.6. The topological polar surface area (TPSA) is 41.6 Å². The van der Waals surface area contributed by atoms with Crippen molar-refractivity contribution in [2.75, 3.05) is 38.8 Å². The van der Waals surface area contributed by atoms with Gasteiger partial charge in [0.1, 0.15) is 23.9 Å². The lowest BCUT2D eigenvalue weighted by atomic mass is 9.53. The van der Waals surface area contributed by atoms with Crippen LogP contribution in [0.2, 0.25) is 0 Å². The van der Waals surface area contributed by atoms with Crippen molar-refractivity contribution in [3.8, 4) is 5.75 Å². The molecule has 6 heteroatoms. The van der Waals surface area contributed by atoms with Crippen LogP contribution in [0.5, 0.6) is 5.75 Å². The minimum absolute atomic E-state index is 0.0688. The number of nitrogens with zero attached hydrogens (tertiary/aromatic N) is 3. The molecular weight excluding hydrogens is 568 g/mol. The molecule has 7 atom stereocenters. The van der Waals surface area contributed by atoms with E-state index in [2.05, 4.69) is 108 Å². The van der Waals surface area contributed by atoms with Gasteiger partial charge in [0.15, 0.2) is 12.4 Å². The summed E-state index contributed by atoms with van der Waals surface area (Å²) >= 11 is 0. The maximum absolute atomic E-state index is 7.09. The lowest BCUT2D eigenvalue weighted by molar-refractivity contribution is -0.925. The van der Waals surface area contributed by atoms with Crippen LogP contribution in [0.1, 0.15) is 36.5 Å². The molecule has 1 saturated carbocycles. The molecule has 1 spiro atoms. The number of hydrogen-bond donors (Lipinski definition) is 1. The Morgan fingerprint density at radius 1 is 1.15 bits per heavy atom. The SMILES string of the molecule is CCc1c[n+]2ccc3c([nH]c4cccc(OC)c43)c2cc1C1=CN2c3ccccc3[C@@]34CC[N@@+]5(C)CC6=CCO[C@@H]1[C@@H]([C@H]23)[C@H]6C[C@@H]45. The Hall–Kier alpha value is -4.13. The normalized spacial score (nSPS) is 33.3. The van der Waals surface area contributed by atoms with Gasteiger partial charge in [-0.1, -0.05) is 37.3 Å². The van der Waals surface area contributed by atoms with E-state index in [1.54, 1.807) is 18.2 Å². The smallest absolute Gasteiger partial charge is 0.235 e. The minimum atomic E-state index is 0.0688. The van der Waals surface area contributed by atoms with E-state index >= 15 is 0 Å². The van der Waals surface area contributed by atoms with Crippen LogP contribution in [0.4, 0.5) is 5.69 Å². The third kappa shape index (κ3) is 2.91. The Morgan fingerprint density at radius 2 is 2.07 bits per heavy atom. The van der Waals surface area contributed by atoms with Crippen molar-refractivity contribution in [2.24, 2.45) is 11.8 Å². The maximum Gasteiger partial charge on any atom is 0.235 e. The van der Waals surface area contributed by atoms with Crippen LogP contribution in [0.25, 0.3) is 32.9 Å². The zero-order valence-electron chi connectivity index (χ0n) is 26.8. The number of para-hydroxylation sites is 1. The molecule has 8 heterocycles. The number of ether oxygens (including phenoxy) is 2. The number of methoxy groups -OCH3 is 1. The summed E-state index contributed by atoms with van der Waals surface area (Å²) in [6, 6.07) is 21.5. The number of aromatic nitrogens is 2. The van der Waals surface area contributed by atoms with Gasteiger partial charge in [0.25, 0.3) is 0 Å². The highest BCUT2D eigenvalue weighted by Gasteiger charge is 2.74. The predicted molar refractivity (Wildman–Crippen MR) is 181 cm³/mol. The number of H-pyrrole nitrogens is 1. The molecule has 1 aliphatic carbocycles. The fraction of sp³-hybridized carbons (Fsp3) is 0.375. The molecule has 6 aliphatic rings. The summed E-state index contributed by atoms with van der Waals surface area (Å²) in [5, 5.41) is 2.34. The number of aromatic amines is 1. The number of hydrogen-bond acceptors (Lipinski definition) is 3. The van der Waals surface area contributed by atoms with Crippen LogP contribution in [-0.4, -0.2) is 61.5 Å². The number of pyridine rings is 2. The Labute approximate surface area is 269 Å². The molecule has 2 saturated heterocycles. The Kier molecular flexibility index (Phi) is 4.86. The van der Waals surface area contributed by atoms with Gasteiger partial charge in [0.2, 0.25) is 5.52 Å². The second kappa shape index (κ2) is 8.61. The van der Waals surface area contributed by atoms with Crippen molar-refractivity contribution in [1.29, 1.82) is 0 Å². The summed E-state index contributed by atoms with van der Waals surface area (Å²) in [7, 11) is 4.31. The monoisotopic (exact) mass is 608 g/mol. The summed E-state index contributed by atoms with van der Waals surface area (Å²) in [5.74, 6) is 1.92. The number of aryl methyl sites for hydroxylation is 1. The first-order valence-electron chi connectivity index (χ1n) is 17.2. The van der Waals surface area contributed by atoms with E-state index in [0.717, 1.165) is 28.6 Å². The molecule has 2 aromatic carbocycles. The van der Waals surface area contributed by atoms with Gasteiger partial charge in [-0.05, 0) is 47.2 Å². The van der Waals surface area contributed by atoms with Crippen molar-refractivity contribution in [3.05, 3.63) is 102 Å². The Balaban J connectivity index is 1.18.